The summed E-state index contributed by atoms with van der Waals surface area (Å²) < 4.78 is 18.9. The van der Waals surface area contributed by atoms with E-state index in [-0.39, 0.29) is 6.10 Å². The Balaban J connectivity index is 1.69. The molecule has 0 spiro atoms. The zero-order chi connectivity index (χ0) is 22.9. The molecule has 1 aromatic heterocycles. The van der Waals surface area contributed by atoms with Crippen LogP contribution in [0.4, 0.5) is 0 Å². The van der Waals surface area contributed by atoms with Gasteiger partial charge in [-0.2, -0.15) is 5.10 Å². The zero-order valence-corrected chi connectivity index (χ0v) is 20.0. The number of nitrogens with one attached hydrogen (secondary N) is 2. The van der Waals surface area contributed by atoms with Gasteiger partial charge in [-0.25, -0.2) is 4.99 Å². The lowest BCUT2D eigenvalue weighted by Crippen LogP contribution is -2.37. The van der Waals surface area contributed by atoms with Gasteiger partial charge in [0.2, 0.25) is 0 Å². The molecular weight excluding hydrogens is 406 g/mol. The number of aliphatic imine (C=N–C) groups is 1. The highest BCUT2D eigenvalue weighted by molar-refractivity contribution is 5.79. The van der Waals surface area contributed by atoms with Gasteiger partial charge in [0, 0.05) is 43.4 Å². The molecule has 0 bridgehead atoms. The predicted molar refractivity (Wildman–Crippen MR) is 126 cm³/mol. The van der Waals surface area contributed by atoms with Crippen LogP contribution in [0.15, 0.2) is 23.2 Å². The van der Waals surface area contributed by atoms with E-state index in [1.165, 1.54) is 11.1 Å². The molecule has 1 saturated heterocycles. The van der Waals surface area contributed by atoms with Crippen molar-refractivity contribution in [3.8, 4) is 5.75 Å². The number of hydrogen-bond donors (Lipinski definition) is 2. The number of aryl methyl sites for hydroxylation is 2. The fraction of sp³-hybridized carbons (Fsp3) is 0.583. The van der Waals surface area contributed by atoms with Crippen molar-refractivity contribution in [3.63, 3.8) is 0 Å². The fourth-order valence-corrected chi connectivity index (χ4v) is 3.75. The molecule has 8 heteroatoms. The van der Waals surface area contributed by atoms with Crippen molar-refractivity contribution in [2.45, 2.75) is 59.9 Å². The smallest absolute Gasteiger partial charge is 0.191 e. The number of methoxy groups -OCH3 is 1. The van der Waals surface area contributed by atoms with E-state index in [9.17, 15) is 0 Å². The van der Waals surface area contributed by atoms with Crippen molar-refractivity contribution >= 4 is 5.96 Å². The van der Waals surface area contributed by atoms with E-state index < -0.39 is 0 Å². The van der Waals surface area contributed by atoms with Crippen LogP contribution in [-0.2, 0) is 29.1 Å². The van der Waals surface area contributed by atoms with Crippen molar-refractivity contribution in [1.29, 1.82) is 0 Å². The first-order valence-electron chi connectivity index (χ1n) is 11.4. The van der Waals surface area contributed by atoms with Gasteiger partial charge in [-0.3, -0.25) is 4.68 Å². The van der Waals surface area contributed by atoms with Gasteiger partial charge in [-0.05, 0) is 39.3 Å². The molecule has 8 nitrogen and oxygen atoms in total. The Hall–Kier alpha value is -2.58. The van der Waals surface area contributed by atoms with Crippen LogP contribution < -0.4 is 15.4 Å². The molecule has 0 aliphatic carbocycles. The van der Waals surface area contributed by atoms with Crippen LogP contribution >= 0.6 is 0 Å². The number of guanidine groups is 1. The van der Waals surface area contributed by atoms with Gasteiger partial charge in [0.05, 0.1) is 38.6 Å². The summed E-state index contributed by atoms with van der Waals surface area (Å²) in [5.41, 5.74) is 5.60. The second kappa shape index (κ2) is 11.9. The topological polar surface area (TPSA) is 81.9 Å². The summed E-state index contributed by atoms with van der Waals surface area (Å²) in [6, 6.07) is 6.29. The highest BCUT2D eigenvalue weighted by Gasteiger charge is 2.19. The number of ether oxygens (including phenoxy) is 3. The Bertz CT molecular complexity index is 903. The lowest BCUT2D eigenvalue weighted by Gasteiger charge is -2.16. The standard InChI is InChI=1S/C24H37N5O3/c1-6-25-24(27-15-22-18(3)28-29(19(22)4)10-12-30-5)26-14-20-8-7-17(2)13-23(20)32-21-9-11-31-16-21/h7-8,13,21H,6,9-12,14-16H2,1-5H3,(H2,25,26,27). The first kappa shape index (κ1) is 24.1. The molecule has 2 N–H and O–H groups in total. The van der Waals surface area contributed by atoms with Gasteiger partial charge in [-0.1, -0.05) is 12.1 Å². The summed E-state index contributed by atoms with van der Waals surface area (Å²) in [5, 5.41) is 11.4. The summed E-state index contributed by atoms with van der Waals surface area (Å²) in [5.74, 6) is 1.66. The second-order valence-electron chi connectivity index (χ2n) is 8.13. The lowest BCUT2D eigenvalue weighted by molar-refractivity contribution is 0.140. The van der Waals surface area contributed by atoms with Crippen molar-refractivity contribution in [2.75, 3.05) is 33.5 Å². The molecule has 0 saturated carbocycles. The van der Waals surface area contributed by atoms with Gasteiger partial charge in [0.1, 0.15) is 11.9 Å². The third kappa shape index (κ3) is 6.46. The Morgan fingerprint density at radius 2 is 2.12 bits per heavy atom. The van der Waals surface area contributed by atoms with E-state index in [2.05, 4.69) is 54.7 Å². The van der Waals surface area contributed by atoms with E-state index >= 15 is 0 Å². The first-order valence-corrected chi connectivity index (χ1v) is 11.4. The van der Waals surface area contributed by atoms with Crippen molar-refractivity contribution in [3.05, 3.63) is 46.3 Å². The molecule has 1 aliphatic rings. The summed E-state index contributed by atoms with van der Waals surface area (Å²) in [6.45, 7) is 13.1. The molecule has 2 heterocycles. The maximum absolute atomic E-state index is 6.22. The quantitative estimate of drug-likeness (QED) is 0.434. The molecule has 1 atom stereocenters. The van der Waals surface area contributed by atoms with E-state index in [0.717, 1.165) is 54.8 Å². The van der Waals surface area contributed by atoms with Crippen LogP contribution in [0.2, 0.25) is 0 Å². The van der Waals surface area contributed by atoms with Crippen LogP contribution in [0.5, 0.6) is 5.75 Å². The highest BCUT2D eigenvalue weighted by atomic mass is 16.5. The maximum Gasteiger partial charge on any atom is 0.191 e. The fourth-order valence-electron chi connectivity index (χ4n) is 3.75. The Morgan fingerprint density at radius 1 is 1.28 bits per heavy atom. The molecule has 0 amide bonds. The average molecular weight is 444 g/mol. The minimum atomic E-state index is 0.117. The largest absolute Gasteiger partial charge is 0.488 e. The van der Waals surface area contributed by atoms with Crippen LogP contribution in [0.1, 0.15) is 41.4 Å². The van der Waals surface area contributed by atoms with Crippen molar-refractivity contribution in [2.24, 2.45) is 4.99 Å². The van der Waals surface area contributed by atoms with Gasteiger partial charge < -0.3 is 24.8 Å². The number of hydrogen-bond acceptors (Lipinski definition) is 5. The van der Waals surface area contributed by atoms with Crippen molar-refractivity contribution < 1.29 is 14.2 Å². The molecule has 1 aromatic carbocycles. The average Bonchev–Trinajstić information content (AvgIpc) is 3.37. The summed E-state index contributed by atoms with van der Waals surface area (Å²) >= 11 is 0. The SMILES string of the molecule is CCNC(=NCc1ccc(C)cc1OC1CCOC1)NCc1c(C)nn(CCOC)c1C. The van der Waals surface area contributed by atoms with Crippen LogP contribution in [0.25, 0.3) is 0 Å². The Kier molecular flexibility index (Phi) is 8.93. The number of aromatic nitrogens is 2. The normalized spacial score (nSPS) is 16.4. The summed E-state index contributed by atoms with van der Waals surface area (Å²) in [6.07, 6.45) is 1.05. The second-order valence-corrected chi connectivity index (χ2v) is 8.13. The summed E-state index contributed by atoms with van der Waals surface area (Å²) in [7, 11) is 1.71. The first-order chi connectivity index (χ1) is 15.5. The minimum Gasteiger partial charge on any atom is -0.488 e. The van der Waals surface area contributed by atoms with Gasteiger partial charge >= 0.3 is 0 Å². The zero-order valence-electron chi connectivity index (χ0n) is 20.0. The monoisotopic (exact) mass is 443 g/mol. The third-order valence-electron chi connectivity index (χ3n) is 5.63. The number of nitrogens with zero attached hydrogens (tertiary/aromatic N) is 3. The van der Waals surface area contributed by atoms with Gasteiger partial charge in [0.25, 0.3) is 0 Å². The van der Waals surface area contributed by atoms with E-state index in [1.54, 1.807) is 7.11 Å². The Morgan fingerprint density at radius 3 is 2.84 bits per heavy atom. The molecule has 3 rings (SSSR count). The molecule has 1 aliphatic heterocycles. The van der Waals surface area contributed by atoms with E-state index in [4.69, 9.17) is 19.2 Å². The molecule has 1 fully saturated rings. The number of rotatable bonds is 10. The van der Waals surface area contributed by atoms with E-state index in [0.29, 0.717) is 26.3 Å². The molecule has 2 aromatic rings. The lowest BCUT2D eigenvalue weighted by atomic mass is 10.1. The van der Waals surface area contributed by atoms with Crippen molar-refractivity contribution in [1.82, 2.24) is 20.4 Å². The maximum atomic E-state index is 6.22. The molecule has 32 heavy (non-hydrogen) atoms. The van der Waals surface area contributed by atoms with Crippen LogP contribution in [0.3, 0.4) is 0 Å². The van der Waals surface area contributed by atoms with Gasteiger partial charge in [-0.15, -0.1) is 0 Å². The number of benzene rings is 1. The molecular formula is C24H37N5O3. The van der Waals surface area contributed by atoms with Gasteiger partial charge in [0.15, 0.2) is 5.96 Å². The summed E-state index contributed by atoms with van der Waals surface area (Å²) in [4.78, 5) is 4.82. The van der Waals surface area contributed by atoms with Crippen LogP contribution in [0, 0.1) is 20.8 Å². The van der Waals surface area contributed by atoms with E-state index in [1.807, 2.05) is 11.6 Å². The minimum absolute atomic E-state index is 0.117. The Labute approximate surface area is 191 Å². The van der Waals surface area contributed by atoms with Crippen LogP contribution in [-0.4, -0.2) is 55.3 Å². The molecule has 1 unspecified atom stereocenters. The highest BCUT2D eigenvalue weighted by Crippen LogP contribution is 2.24. The predicted octanol–water partition coefficient (Wildman–Crippen LogP) is 2.88. The molecule has 176 valence electrons. The third-order valence-corrected chi connectivity index (χ3v) is 5.63. The molecule has 0 radical (unpaired) electrons.